The Labute approximate surface area is 153 Å². The number of carbonyl (C=O) groups is 1. The van der Waals surface area contributed by atoms with Crippen LogP contribution in [0.25, 0.3) is 6.08 Å². The van der Waals surface area contributed by atoms with Crippen LogP contribution in [0.4, 0.5) is 0 Å². The highest BCUT2D eigenvalue weighted by molar-refractivity contribution is 5.81. The summed E-state index contributed by atoms with van der Waals surface area (Å²) in [7, 11) is 0. The maximum absolute atomic E-state index is 12.0. The third-order valence-corrected chi connectivity index (χ3v) is 4.53. The van der Waals surface area contributed by atoms with Crippen molar-refractivity contribution in [3.8, 4) is 0 Å². The first kappa shape index (κ1) is 18.1. The number of piperazine rings is 1. The van der Waals surface area contributed by atoms with Gasteiger partial charge in [-0.2, -0.15) is 5.10 Å². The van der Waals surface area contributed by atoms with Crippen LogP contribution in [0.15, 0.2) is 64.3 Å². The summed E-state index contributed by atoms with van der Waals surface area (Å²) < 4.78 is 5.17. The molecule has 0 spiro atoms. The van der Waals surface area contributed by atoms with E-state index in [1.54, 1.807) is 29.5 Å². The Balaban J connectivity index is 1.33. The second-order valence-electron chi connectivity index (χ2n) is 6.53. The predicted octanol–water partition coefficient (Wildman–Crippen LogP) is -0.622. The van der Waals surface area contributed by atoms with E-state index >= 15 is 0 Å². The predicted molar refractivity (Wildman–Crippen MR) is 101 cm³/mol. The van der Waals surface area contributed by atoms with Gasteiger partial charge in [0.1, 0.15) is 38.5 Å². The number of furan rings is 1. The summed E-state index contributed by atoms with van der Waals surface area (Å²) in [6, 6.07) is 14.3. The standard InChI is InChI=1S/C20H24N4O2/c25-20(22-21-10-4-8-19-9-5-15-26-19)17-24-13-11-23(12-14-24)16-18-6-2-1-3-7-18/h1-10,15H,11-14,16-17H2,(H,22,25)/p+2/b8-4-,21-10+. The van der Waals surface area contributed by atoms with Gasteiger partial charge in [0.25, 0.3) is 5.91 Å². The molecule has 0 radical (unpaired) electrons. The first-order chi connectivity index (χ1) is 12.8. The number of nitrogens with zero attached hydrogens (tertiary/aromatic N) is 1. The maximum atomic E-state index is 12.0. The first-order valence-electron chi connectivity index (χ1n) is 9.03. The number of hydrogen-bond acceptors (Lipinski definition) is 3. The van der Waals surface area contributed by atoms with Gasteiger partial charge >= 0.3 is 0 Å². The summed E-state index contributed by atoms with van der Waals surface area (Å²) in [6.07, 6.45) is 6.69. The van der Waals surface area contributed by atoms with E-state index in [9.17, 15) is 4.79 Å². The van der Waals surface area contributed by atoms with Crippen LogP contribution < -0.4 is 15.2 Å². The van der Waals surface area contributed by atoms with E-state index in [0.717, 1.165) is 38.5 Å². The zero-order valence-corrected chi connectivity index (χ0v) is 14.9. The number of carbonyl (C=O) groups excluding carboxylic acids is 1. The molecule has 1 fully saturated rings. The van der Waals surface area contributed by atoms with Crippen LogP contribution in [0.2, 0.25) is 0 Å². The van der Waals surface area contributed by atoms with Crippen molar-refractivity contribution in [2.45, 2.75) is 6.54 Å². The topological polar surface area (TPSA) is 63.5 Å². The molecule has 6 nitrogen and oxygen atoms in total. The highest BCUT2D eigenvalue weighted by atomic mass is 16.3. The lowest BCUT2D eigenvalue weighted by atomic mass is 10.2. The third kappa shape index (κ3) is 5.98. The molecule has 136 valence electrons. The number of allylic oxidation sites excluding steroid dienone is 1. The van der Waals surface area contributed by atoms with E-state index in [1.807, 2.05) is 12.1 Å². The van der Waals surface area contributed by atoms with Gasteiger partial charge in [-0.25, -0.2) is 5.43 Å². The third-order valence-electron chi connectivity index (χ3n) is 4.53. The van der Waals surface area contributed by atoms with Crippen molar-refractivity contribution in [3.05, 3.63) is 66.1 Å². The second kappa shape index (κ2) is 9.70. The first-order valence-corrected chi connectivity index (χ1v) is 9.03. The van der Waals surface area contributed by atoms with Crippen molar-refractivity contribution in [2.24, 2.45) is 5.10 Å². The zero-order valence-electron chi connectivity index (χ0n) is 14.9. The lowest BCUT2D eigenvalue weighted by Crippen LogP contribution is -3.28. The van der Waals surface area contributed by atoms with Gasteiger partial charge in [0, 0.05) is 11.8 Å². The molecule has 0 unspecified atom stereocenters. The molecule has 2 aromatic rings. The molecule has 0 bridgehead atoms. The molecular formula is C20H26N4O2+2. The minimum Gasteiger partial charge on any atom is -0.465 e. The van der Waals surface area contributed by atoms with Gasteiger partial charge in [0.05, 0.1) is 6.26 Å². The van der Waals surface area contributed by atoms with Gasteiger partial charge in [-0.15, -0.1) is 0 Å². The number of benzene rings is 1. The van der Waals surface area contributed by atoms with E-state index in [-0.39, 0.29) is 5.91 Å². The molecule has 3 N–H and O–H groups in total. The fraction of sp³-hybridized carbons (Fsp3) is 0.300. The number of hydrazone groups is 1. The Bertz CT molecular complexity index is 718. The molecule has 0 aliphatic carbocycles. The lowest BCUT2D eigenvalue weighted by molar-refractivity contribution is -1.02. The van der Waals surface area contributed by atoms with Crippen LogP contribution in [0.1, 0.15) is 11.3 Å². The van der Waals surface area contributed by atoms with Crippen molar-refractivity contribution in [2.75, 3.05) is 32.7 Å². The molecule has 1 saturated heterocycles. The van der Waals surface area contributed by atoms with Gasteiger partial charge in [0.15, 0.2) is 6.54 Å². The molecule has 1 aliphatic heterocycles. The van der Waals surface area contributed by atoms with E-state index in [2.05, 4.69) is 40.9 Å². The molecular weight excluding hydrogens is 328 g/mol. The number of quaternary nitrogens is 2. The summed E-state index contributed by atoms with van der Waals surface area (Å²) in [6.45, 7) is 5.74. The van der Waals surface area contributed by atoms with Crippen molar-refractivity contribution < 1.29 is 19.0 Å². The Hall–Kier alpha value is -2.70. The highest BCUT2D eigenvalue weighted by Gasteiger charge is 2.24. The molecule has 3 rings (SSSR count). The van der Waals surface area contributed by atoms with Crippen molar-refractivity contribution in [3.63, 3.8) is 0 Å². The maximum Gasteiger partial charge on any atom is 0.295 e. The molecule has 1 aromatic heterocycles. The van der Waals surface area contributed by atoms with Crippen LogP contribution in [0.5, 0.6) is 0 Å². The van der Waals surface area contributed by atoms with Crippen LogP contribution >= 0.6 is 0 Å². The zero-order chi connectivity index (χ0) is 18.0. The van der Waals surface area contributed by atoms with Gasteiger partial charge in [0.2, 0.25) is 0 Å². The SMILES string of the molecule is O=C(C[NH+]1CC[NH+](Cc2ccccc2)CC1)N/N=C/C=C\c1ccco1. The Kier molecular flexibility index (Phi) is 6.75. The second-order valence-corrected chi connectivity index (χ2v) is 6.53. The Morgan fingerprint density at radius 1 is 1.08 bits per heavy atom. The fourth-order valence-corrected chi connectivity index (χ4v) is 3.14. The molecule has 0 saturated carbocycles. The minimum atomic E-state index is -0.0471. The van der Waals surface area contributed by atoms with Gasteiger partial charge in [-0.1, -0.05) is 30.3 Å². The number of amides is 1. The quantitative estimate of drug-likeness (QED) is 0.458. The Morgan fingerprint density at radius 2 is 1.85 bits per heavy atom. The normalized spacial score (nSPS) is 20.6. The van der Waals surface area contributed by atoms with E-state index in [1.165, 1.54) is 10.5 Å². The van der Waals surface area contributed by atoms with Crippen LogP contribution in [-0.2, 0) is 11.3 Å². The van der Waals surface area contributed by atoms with E-state index < -0.39 is 0 Å². The molecule has 6 heteroatoms. The monoisotopic (exact) mass is 354 g/mol. The largest absolute Gasteiger partial charge is 0.465 e. The summed E-state index contributed by atoms with van der Waals surface area (Å²) in [5.41, 5.74) is 3.96. The average molecular weight is 354 g/mol. The van der Waals surface area contributed by atoms with Gasteiger partial charge in [-0.3, -0.25) is 4.79 Å². The van der Waals surface area contributed by atoms with Gasteiger partial charge in [-0.05, 0) is 24.3 Å². The van der Waals surface area contributed by atoms with Crippen molar-refractivity contribution in [1.29, 1.82) is 0 Å². The van der Waals surface area contributed by atoms with Gasteiger partial charge < -0.3 is 14.2 Å². The fourth-order valence-electron chi connectivity index (χ4n) is 3.14. The summed E-state index contributed by atoms with van der Waals surface area (Å²) >= 11 is 0. The molecule has 0 atom stereocenters. The van der Waals surface area contributed by atoms with Crippen molar-refractivity contribution in [1.82, 2.24) is 5.43 Å². The van der Waals surface area contributed by atoms with Crippen LogP contribution in [-0.4, -0.2) is 44.8 Å². The van der Waals surface area contributed by atoms with Crippen molar-refractivity contribution >= 4 is 18.2 Å². The summed E-state index contributed by atoms with van der Waals surface area (Å²) in [5, 5.41) is 3.94. The molecule has 1 amide bonds. The van der Waals surface area contributed by atoms with Crippen LogP contribution in [0.3, 0.4) is 0 Å². The number of nitrogens with one attached hydrogen (secondary N) is 3. The summed E-state index contributed by atoms with van der Waals surface area (Å²) in [4.78, 5) is 14.9. The highest BCUT2D eigenvalue weighted by Crippen LogP contribution is 2.00. The summed E-state index contributed by atoms with van der Waals surface area (Å²) in [5.74, 6) is 0.706. The number of hydrogen-bond donors (Lipinski definition) is 3. The smallest absolute Gasteiger partial charge is 0.295 e. The molecule has 26 heavy (non-hydrogen) atoms. The number of rotatable bonds is 7. The van der Waals surface area contributed by atoms with E-state index in [0.29, 0.717) is 6.54 Å². The van der Waals surface area contributed by atoms with E-state index in [4.69, 9.17) is 4.42 Å². The minimum absolute atomic E-state index is 0.0471. The average Bonchev–Trinajstić information content (AvgIpc) is 3.17. The molecule has 1 aromatic carbocycles. The molecule has 1 aliphatic rings. The Morgan fingerprint density at radius 3 is 2.58 bits per heavy atom. The van der Waals surface area contributed by atoms with Crippen LogP contribution in [0, 0.1) is 0 Å². The molecule has 2 heterocycles. The lowest BCUT2D eigenvalue weighted by Gasteiger charge is -2.29.